The lowest BCUT2D eigenvalue weighted by Gasteiger charge is -2.35. The van der Waals surface area contributed by atoms with Crippen molar-refractivity contribution in [3.05, 3.63) is 0 Å². The number of β-amino-alcohol motifs (C(OH)–C–C–N with tert-alkyl or cyclic N) is 1. The summed E-state index contributed by atoms with van der Waals surface area (Å²) in [5.74, 6) is -0.797. The van der Waals surface area contributed by atoms with Crippen LogP contribution >= 0.6 is 0 Å². The van der Waals surface area contributed by atoms with Gasteiger partial charge in [-0.3, -0.25) is 9.69 Å². The van der Waals surface area contributed by atoms with Crippen LogP contribution in [-0.2, 0) is 14.3 Å². The average Bonchev–Trinajstić information content (AvgIpc) is 2.43. The van der Waals surface area contributed by atoms with Crippen molar-refractivity contribution in [3.8, 4) is 0 Å². The molecule has 1 aliphatic heterocycles. The number of hydrogen-bond acceptors (Lipinski definition) is 6. The molecule has 0 aliphatic carbocycles. The Morgan fingerprint density at radius 2 is 2.25 bits per heavy atom. The highest BCUT2D eigenvalue weighted by Gasteiger charge is 2.36. The van der Waals surface area contributed by atoms with Crippen molar-refractivity contribution in [2.24, 2.45) is 11.7 Å². The first-order chi connectivity index (χ1) is 9.40. The van der Waals surface area contributed by atoms with Gasteiger partial charge in [0.1, 0.15) is 0 Å². The van der Waals surface area contributed by atoms with Gasteiger partial charge >= 0.3 is 5.97 Å². The molecular formula is C13H25N3O4. The van der Waals surface area contributed by atoms with E-state index in [0.29, 0.717) is 19.6 Å². The number of hydrogen-bond donors (Lipinski definition) is 3. The molecular weight excluding hydrogens is 262 g/mol. The Morgan fingerprint density at radius 3 is 2.85 bits per heavy atom. The largest absolute Gasteiger partial charge is 0.467 e. The van der Waals surface area contributed by atoms with E-state index in [1.807, 2.05) is 4.90 Å². The van der Waals surface area contributed by atoms with E-state index in [4.69, 9.17) is 5.73 Å². The number of ether oxygens (including phenoxy) is 1. The number of rotatable bonds is 6. The zero-order valence-corrected chi connectivity index (χ0v) is 12.2. The number of likely N-dealkylation sites (tertiary alicyclic amines) is 1. The molecule has 0 aromatic rings. The zero-order chi connectivity index (χ0) is 15.2. The van der Waals surface area contributed by atoms with Crippen molar-refractivity contribution >= 4 is 11.9 Å². The molecule has 1 heterocycles. The summed E-state index contributed by atoms with van der Waals surface area (Å²) in [5.41, 5.74) is 3.80. The van der Waals surface area contributed by atoms with Gasteiger partial charge in [0.2, 0.25) is 5.91 Å². The summed E-state index contributed by atoms with van der Waals surface area (Å²) in [5, 5.41) is 12.8. The highest BCUT2D eigenvalue weighted by atomic mass is 16.5. The first-order valence-electron chi connectivity index (χ1n) is 6.91. The lowest BCUT2D eigenvalue weighted by molar-refractivity contribution is -0.162. The van der Waals surface area contributed by atoms with Crippen LogP contribution in [0.3, 0.4) is 0 Å². The molecule has 20 heavy (non-hydrogen) atoms. The normalized spacial score (nSPS) is 22.9. The minimum atomic E-state index is -1.55. The van der Waals surface area contributed by atoms with Gasteiger partial charge in [-0.25, -0.2) is 4.79 Å². The quantitative estimate of drug-likeness (QED) is 0.524. The third-order valence-electron chi connectivity index (χ3n) is 3.48. The molecule has 0 aromatic heterocycles. The van der Waals surface area contributed by atoms with E-state index in [9.17, 15) is 14.7 Å². The number of nitrogens with two attached hydrogens (primary N) is 1. The summed E-state index contributed by atoms with van der Waals surface area (Å²) in [6.07, 6.45) is 1.67. The molecule has 0 saturated carbocycles. The smallest absolute Gasteiger partial charge is 0.338 e. The average molecular weight is 287 g/mol. The van der Waals surface area contributed by atoms with Crippen molar-refractivity contribution in [1.29, 1.82) is 0 Å². The van der Waals surface area contributed by atoms with Crippen LogP contribution in [0.4, 0.5) is 0 Å². The van der Waals surface area contributed by atoms with Gasteiger partial charge in [0.05, 0.1) is 13.0 Å². The van der Waals surface area contributed by atoms with Crippen molar-refractivity contribution in [1.82, 2.24) is 10.2 Å². The highest BCUT2D eigenvalue weighted by molar-refractivity contribution is 5.79. The molecule has 1 aliphatic rings. The highest BCUT2D eigenvalue weighted by Crippen LogP contribution is 2.19. The van der Waals surface area contributed by atoms with E-state index in [1.165, 1.54) is 14.0 Å². The van der Waals surface area contributed by atoms with Crippen molar-refractivity contribution in [3.63, 3.8) is 0 Å². The number of nitrogens with one attached hydrogen (secondary N) is 1. The molecule has 1 amide bonds. The van der Waals surface area contributed by atoms with E-state index in [-0.39, 0.29) is 18.4 Å². The first-order valence-corrected chi connectivity index (χ1v) is 6.91. The molecule has 0 aromatic carbocycles. The molecule has 2 unspecified atom stereocenters. The Kier molecular flexibility index (Phi) is 6.38. The van der Waals surface area contributed by atoms with E-state index >= 15 is 0 Å². The minimum Gasteiger partial charge on any atom is -0.467 e. The number of nitrogens with zero attached hydrogens (tertiary/aromatic N) is 1. The SMILES string of the molecule is COC(=O)C(C)(O)CN1CCCC(C(=O)NCCN)C1. The fourth-order valence-corrected chi connectivity index (χ4v) is 2.47. The van der Waals surface area contributed by atoms with Gasteiger partial charge in [0.25, 0.3) is 0 Å². The summed E-state index contributed by atoms with van der Waals surface area (Å²) >= 11 is 0. The van der Waals surface area contributed by atoms with E-state index in [0.717, 1.165) is 19.4 Å². The van der Waals surface area contributed by atoms with Gasteiger partial charge in [0.15, 0.2) is 5.60 Å². The second-order valence-electron chi connectivity index (χ2n) is 5.42. The van der Waals surface area contributed by atoms with Gasteiger partial charge in [-0.15, -0.1) is 0 Å². The molecule has 0 spiro atoms. The van der Waals surface area contributed by atoms with E-state index in [2.05, 4.69) is 10.1 Å². The van der Waals surface area contributed by atoms with Gasteiger partial charge in [-0.2, -0.15) is 0 Å². The Balaban J connectivity index is 2.52. The number of carbonyl (C=O) groups excluding carboxylic acids is 2. The second kappa shape index (κ2) is 7.56. The topological polar surface area (TPSA) is 105 Å². The molecule has 116 valence electrons. The van der Waals surface area contributed by atoms with Crippen molar-refractivity contribution < 1.29 is 19.4 Å². The molecule has 0 radical (unpaired) electrons. The molecule has 1 saturated heterocycles. The third kappa shape index (κ3) is 4.73. The summed E-state index contributed by atoms with van der Waals surface area (Å²) in [7, 11) is 1.25. The minimum absolute atomic E-state index is 0.0159. The molecule has 2 atom stereocenters. The maximum Gasteiger partial charge on any atom is 0.338 e. The molecule has 0 bridgehead atoms. The van der Waals surface area contributed by atoms with Gasteiger partial charge in [-0.1, -0.05) is 0 Å². The lowest BCUT2D eigenvalue weighted by Crippen LogP contribution is -2.52. The number of carbonyl (C=O) groups is 2. The Hall–Kier alpha value is -1.18. The maximum absolute atomic E-state index is 11.9. The van der Waals surface area contributed by atoms with Gasteiger partial charge in [-0.05, 0) is 26.3 Å². The van der Waals surface area contributed by atoms with Gasteiger partial charge in [0, 0.05) is 26.2 Å². The predicted molar refractivity (Wildman–Crippen MR) is 73.9 cm³/mol. The van der Waals surface area contributed by atoms with Crippen LogP contribution in [-0.4, -0.2) is 67.3 Å². The molecule has 7 heteroatoms. The molecule has 1 rings (SSSR count). The lowest BCUT2D eigenvalue weighted by atomic mass is 9.95. The number of amides is 1. The van der Waals surface area contributed by atoms with Crippen LogP contribution in [0.2, 0.25) is 0 Å². The van der Waals surface area contributed by atoms with Crippen molar-refractivity contribution in [2.75, 3.05) is 39.8 Å². The van der Waals surface area contributed by atoms with E-state index in [1.54, 1.807) is 0 Å². The second-order valence-corrected chi connectivity index (χ2v) is 5.42. The third-order valence-corrected chi connectivity index (χ3v) is 3.48. The Labute approximate surface area is 119 Å². The molecule has 7 nitrogen and oxygen atoms in total. The van der Waals surface area contributed by atoms with Crippen LogP contribution in [0.25, 0.3) is 0 Å². The van der Waals surface area contributed by atoms with Crippen LogP contribution in [0.15, 0.2) is 0 Å². The van der Waals surface area contributed by atoms with Crippen LogP contribution < -0.4 is 11.1 Å². The standard InChI is InChI=1S/C13H25N3O4/c1-13(19,12(18)20-2)9-16-7-3-4-10(8-16)11(17)15-6-5-14/h10,19H,3-9,14H2,1-2H3,(H,15,17). The number of piperidine rings is 1. The predicted octanol–water partition coefficient (Wildman–Crippen LogP) is -1.30. The van der Waals surface area contributed by atoms with E-state index < -0.39 is 11.6 Å². The van der Waals surface area contributed by atoms with Crippen LogP contribution in [0, 0.1) is 5.92 Å². The molecule has 4 N–H and O–H groups in total. The number of methoxy groups -OCH3 is 1. The summed E-state index contributed by atoms with van der Waals surface area (Å²) in [4.78, 5) is 25.3. The first kappa shape index (κ1) is 16.9. The van der Waals surface area contributed by atoms with Crippen LogP contribution in [0.5, 0.6) is 0 Å². The summed E-state index contributed by atoms with van der Waals surface area (Å²) < 4.78 is 4.58. The maximum atomic E-state index is 11.9. The zero-order valence-electron chi connectivity index (χ0n) is 12.2. The van der Waals surface area contributed by atoms with Crippen molar-refractivity contribution in [2.45, 2.75) is 25.4 Å². The Bertz CT molecular complexity index is 347. The molecule has 1 fully saturated rings. The fourth-order valence-electron chi connectivity index (χ4n) is 2.47. The monoisotopic (exact) mass is 287 g/mol. The number of esters is 1. The number of aliphatic hydroxyl groups is 1. The van der Waals surface area contributed by atoms with Gasteiger partial charge < -0.3 is 20.9 Å². The summed E-state index contributed by atoms with van der Waals surface area (Å²) in [6.45, 7) is 3.77. The summed E-state index contributed by atoms with van der Waals surface area (Å²) in [6, 6.07) is 0. The van der Waals surface area contributed by atoms with Crippen LogP contribution in [0.1, 0.15) is 19.8 Å². The Morgan fingerprint density at radius 1 is 1.55 bits per heavy atom. The fraction of sp³-hybridized carbons (Fsp3) is 0.846.